The molecule has 0 aromatic heterocycles. The van der Waals surface area contributed by atoms with E-state index in [0.717, 1.165) is 0 Å². The summed E-state index contributed by atoms with van der Waals surface area (Å²) in [4.78, 5) is 0. The van der Waals surface area contributed by atoms with Crippen LogP contribution in [-0.4, -0.2) is 6.38 Å². The molecule has 1 unspecified atom stereocenters. The summed E-state index contributed by atoms with van der Waals surface area (Å²) in [6.45, 7) is 0. The minimum absolute atomic E-state index is 0.577. The van der Waals surface area contributed by atoms with Crippen LogP contribution in [0.2, 0.25) is 8.26 Å². The van der Waals surface area contributed by atoms with Crippen molar-refractivity contribution in [2.24, 2.45) is 0 Å². The van der Waals surface area contributed by atoms with Crippen LogP contribution in [0.1, 0.15) is 23.5 Å². The summed E-state index contributed by atoms with van der Waals surface area (Å²) in [6, 6.07) is 8.86. The van der Waals surface area contributed by atoms with Gasteiger partial charge in [0.1, 0.15) is 0 Å². The third-order valence-electron chi connectivity index (χ3n) is 4.03. The number of fused-ring (bicyclic) bond motifs is 1. The number of hydrogen-bond donors (Lipinski definition) is 0. The van der Waals surface area contributed by atoms with E-state index in [4.69, 9.17) is 0 Å². The van der Waals surface area contributed by atoms with Crippen LogP contribution in [-0.2, 0) is 21.8 Å². The molecule has 1 fully saturated rings. The summed E-state index contributed by atoms with van der Waals surface area (Å²) in [5, 5.41) is 0. The summed E-state index contributed by atoms with van der Waals surface area (Å²) in [5.41, 5.74) is 4.63. The predicted molar refractivity (Wildman–Crippen MR) is 80.4 cm³/mol. The molecule has 97 valence electrons. The van der Waals surface area contributed by atoms with Gasteiger partial charge in [-0.15, -0.1) is 11.6 Å². The Morgan fingerprint density at radius 2 is 1.89 bits per heavy atom. The number of hydrogen-bond acceptors (Lipinski definition) is 0. The van der Waals surface area contributed by atoms with Gasteiger partial charge >= 0.3 is 111 Å². The van der Waals surface area contributed by atoms with Crippen LogP contribution in [0.5, 0.6) is 0 Å². The summed E-state index contributed by atoms with van der Waals surface area (Å²) in [6.07, 6.45) is 12.3. The maximum atomic E-state index is 4.64. The zero-order chi connectivity index (χ0) is 13.2. The van der Waals surface area contributed by atoms with E-state index in [1.54, 1.807) is 13.8 Å². The second-order valence-corrected chi connectivity index (χ2v) is 12.0. The van der Waals surface area contributed by atoms with E-state index in [1.165, 1.54) is 23.9 Å². The van der Waals surface area contributed by atoms with Crippen LogP contribution in [0.25, 0.3) is 6.08 Å². The van der Waals surface area contributed by atoms with Crippen molar-refractivity contribution in [3.05, 3.63) is 62.5 Å². The van der Waals surface area contributed by atoms with Crippen molar-refractivity contribution in [1.29, 1.82) is 0 Å². The molecular formula is C17H18ClZr. The number of rotatable bonds is 2. The largest absolute Gasteiger partial charge is 0.130 e. The normalized spacial score (nSPS) is 22.4. The molecule has 1 atom stereocenters. The topological polar surface area (TPSA) is 0 Å². The Kier molecular flexibility index (Phi) is 4.25. The zero-order valence-corrected chi connectivity index (χ0v) is 14.4. The van der Waals surface area contributed by atoms with Crippen molar-refractivity contribution >= 4 is 17.7 Å². The first-order chi connectivity index (χ1) is 9.43. The third-order valence-corrected chi connectivity index (χ3v) is 9.80. The van der Waals surface area contributed by atoms with Gasteiger partial charge in [-0.1, -0.05) is 0 Å². The first kappa shape index (κ1) is 13.6. The van der Waals surface area contributed by atoms with Crippen molar-refractivity contribution in [2.45, 2.75) is 20.6 Å². The predicted octanol–water partition coefficient (Wildman–Crippen LogP) is 5.33. The molecule has 0 bridgehead atoms. The Morgan fingerprint density at radius 1 is 1.11 bits per heavy atom. The SMILES string of the molecule is C1=CC(C2C=Cc3ccccc32)=[C]([Zr]2[CH2][CH2]2)C1.CCl. The summed E-state index contributed by atoms with van der Waals surface area (Å²) < 4.78 is 5.14. The monoisotopic (exact) mass is 347 g/mol. The summed E-state index contributed by atoms with van der Waals surface area (Å²) in [5.74, 6) is 0.577. The standard InChI is InChI=1S/C14H11.C2H4.CH3Cl.Zr/c1-2-6-11(5-1)14-10-9-12-7-3-4-8-13(12)14;2*1-2;/h1,3-5,7-10,14H,2H2;1-2H2;1H3;. The molecule has 4 rings (SSSR count). The van der Waals surface area contributed by atoms with Gasteiger partial charge in [0.05, 0.1) is 0 Å². The Morgan fingerprint density at radius 3 is 2.68 bits per heavy atom. The smallest absolute Gasteiger partial charge is 0.0108 e. The summed E-state index contributed by atoms with van der Waals surface area (Å²) >= 11 is 3.67. The first-order valence-electron chi connectivity index (χ1n) is 6.83. The molecule has 1 saturated heterocycles. The van der Waals surface area contributed by atoms with Crippen LogP contribution >= 0.6 is 11.6 Å². The van der Waals surface area contributed by atoms with E-state index in [-0.39, 0.29) is 0 Å². The zero-order valence-electron chi connectivity index (χ0n) is 11.2. The molecule has 1 aliphatic heterocycles. The molecule has 0 N–H and O–H groups in total. The van der Waals surface area contributed by atoms with Crippen LogP contribution < -0.4 is 0 Å². The van der Waals surface area contributed by atoms with Crippen molar-refractivity contribution in [3.8, 4) is 0 Å². The minimum atomic E-state index is -0.968. The second-order valence-electron chi connectivity index (χ2n) is 5.11. The molecule has 0 nitrogen and oxygen atoms in total. The molecule has 1 heterocycles. The Labute approximate surface area is 128 Å². The fourth-order valence-corrected chi connectivity index (χ4v) is 9.25. The van der Waals surface area contributed by atoms with Gasteiger partial charge in [-0.25, -0.2) is 0 Å². The fourth-order valence-electron chi connectivity index (χ4n) is 3.05. The van der Waals surface area contributed by atoms with Crippen molar-refractivity contribution in [1.82, 2.24) is 0 Å². The van der Waals surface area contributed by atoms with E-state index >= 15 is 0 Å². The van der Waals surface area contributed by atoms with Crippen LogP contribution in [0.4, 0.5) is 0 Å². The van der Waals surface area contributed by atoms with Gasteiger partial charge in [0.25, 0.3) is 0 Å². The Balaban J connectivity index is 0.000000528. The molecule has 0 saturated carbocycles. The average molecular weight is 349 g/mol. The Bertz CT molecular complexity index is 564. The van der Waals surface area contributed by atoms with E-state index in [2.05, 4.69) is 60.2 Å². The molecule has 2 heteroatoms. The molecule has 2 aliphatic carbocycles. The van der Waals surface area contributed by atoms with E-state index in [0.29, 0.717) is 5.92 Å². The second kappa shape index (κ2) is 5.94. The maximum absolute atomic E-state index is 4.64. The van der Waals surface area contributed by atoms with E-state index < -0.39 is 21.8 Å². The number of alkyl halides is 1. The van der Waals surface area contributed by atoms with Gasteiger partial charge in [0.15, 0.2) is 0 Å². The van der Waals surface area contributed by atoms with Gasteiger partial charge in [-0.05, 0) is 0 Å². The van der Waals surface area contributed by atoms with Gasteiger partial charge < -0.3 is 0 Å². The van der Waals surface area contributed by atoms with Crippen molar-refractivity contribution in [2.75, 3.05) is 6.38 Å². The van der Waals surface area contributed by atoms with Gasteiger partial charge in [0, 0.05) is 6.38 Å². The fraction of sp³-hybridized carbons (Fsp3) is 0.294. The minimum Gasteiger partial charge on any atom is -0.130 e. The van der Waals surface area contributed by atoms with Crippen molar-refractivity contribution < 1.29 is 21.8 Å². The van der Waals surface area contributed by atoms with Crippen LogP contribution in [0.15, 0.2) is 51.3 Å². The van der Waals surface area contributed by atoms with Crippen LogP contribution in [0, 0.1) is 0 Å². The number of benzene rings is 1. The average Bonchev–Trinajstić information content (AvgIpc) is 3.05. The molecule has 1 aromatic rings. The third kappa shape index (κ3) is 2.60. The van der Waals surface area contributed by atoms with Gasteiger partial charge in [-0.2, -0.15) is 0 Å². The number of halogens is 1. The van der Waals surface area contributed by atoms with Gasteiger partial charge in [-0.3, -0.25) is 0 Å². The number of allylic oxidation sites excluding steroid dienone is 5. The van der Waals surface area contributed by atoms with Gasteiger partial charge in [0.2, 0.25) is 0 Å². The molecular weight excluding hydrogens is 331 g/mol. The van der Waals surface area contributed by atoms with Crippen LogP contribution in [0.3, 0.4) is 0 Å². The molecule has 19 heavy (non-hydrogen) atoms. The molecule has 3 aliphatic rings. The Hall–Kier alpha value is -0.387. The molecule has 0 radical (unpaired) electrons. The van der Waals surface area contributed by atoms with Crippen molar-refractivity contribution in [3.63, 3.8) is 0 Å². The molecule has 0 amide bonds. The maximum Gasteiger partial charge on any atom is 0.0108 e. The quantitative estimate of drug-likeness (QED) is 0.633. The van der Waals surface area contributed by atoms with E-state index in [9.17, 15) is 0 Å². The molecule has 1 aromatic carbocycles. The first-order valence-corrected chi connectivity index (χ1v) is 12.3. The summed E-state index contributed by atoms with van der Waals surface area (Å²) in [7, 11) is 0. The molecule has 0 spiro atoms. The van der Waals surface area contributed by atoms with E-state index in [1.807, 2.05) is 3.28 Å².